The maximum atomic E-state index is 12.4. The first-order valence-electron chi connectivity index (χ1n) is 9.02. The maximum Gasteiger partial charge on any atom is 0.255 e. The Morgan fingerprint density at radius 3 is 2.14 bits per heavy atom. The molecule has 2 N–H and O–H groups in total. The van der Waals surface area contributed by atoms with Gasteiger partial charge in [0.15, 0.2) is 0 Å². The monoisotopic (exact) mass is 392 g/mol. The molecule has 0 spiro atoms. The van der Waals surface area contributed by atoms with Gasteiger partial charge in [-0.3, -0.25) is 9.59 Å². The lowest BCUT2D eigenvalue weighted by Gasteiger charge is -2.08. The number of rotatable bonds is 6. The lowest BCUT2D eigenvalue weighted by Crippen LogP contribution is -2.25. The highest BCUT2D eigenvalue weighted by molar-refractivity contribution is 6.31. The van der Waals surface area contributed by atoms with Crippen molar-refractivity contribution in [1.82, 2.24) is 5.32 Å². The molecule has 3 aromatic rings. The fraction of sp³-hybridized carbons (Fsp3) is 0.130. The van der Waals surface area contributed by atoms with Crippen LogP contribution in [0.5, 0.6) is 0 Å². The smallest absolute Gasteiger partial charge is 0.255 e. The van der Waals surface area contributed by atoms with E-state index in [0.29, 0.717) is 28.4 Å². The first-order chi connectivity index (χ1) is 13.5. The lowest BCUT2D eigenvalue weighted by atomic mass is 10.1. The van der Waals surface area contributed by atoms with Crippen LogP contribution in [-0.2, 0) is 6.42 Å². The van der Waals surface area contributed by atoms with E-state index in [-0.39, 0.29) is 11.8 Å². The third kappa shape index (κ3) is 5.21. The summed E-state index contributed by atoms with van der Waals surface area (Å²) >= 11 is 6.08. The zero-order valence-corrected chi connectivity index (χ0v) is 16.3. The van der Waals surface area contributed by atoms with Crippen molar-refractivity contribution in [2.24, 2.45) is 0 Å². The number of nitrogens with one attached hydrogen (secondary N) is 2. The molecule has 0 radical (unpaired) electrons. The Balaban J connectivity index is 1.55. The van der Waals surface area contributed by atoms with Crippen molar-refractivity contribution in [3.63, 3.8) is 0 Å². The van der Waals surface area contributed by atoms with Gasteiger partial charge in [0.2, 0.25) is 0 Å². The van der Waals surface area contributed by atoms with Gasteiger partial charge in [-0.2, -0.15) is 0 Å². The molecule has 4 nitrogen and oxygen atoms in total. The van der Waals surface area contributed by atoms with Crippen LogP contribution >= 0.6 is 11.6 Å². The molecule has 0 fully saturated rings. The summed E-state index contributed by atoms with van der Waals surface area (Å²) in [5, 5.41) is 6.29. The van der Waals surface area contributed by atoms with Gasteiger partial charge >= 0.3 is 0 Å². The Labute approximate surface area is 169 Å². The van der Waals surface area contributed by atoms with Gasteiger partial charge in [0.25, 0.3) is 11.8 Å². The molecule has 0 aromatic heterocycles. The second-order valence-electron chi connectivity index (χ2n) is 6.49. The van der Waals surface area contributed by atoms with E-state index in [9.17, 15) is 9.59 Å². The minimum absolute atomic E-state index is 0.159. The van der Waals surface area contributed by atoms with Crippen molar-refractivity contribution in [2.45, 2.75) is 13.3 Å². The van der Waals surface area contributed by atoms with Crippen LogP contribution in [0.1, 0.15) is 31.8 Å². The number of amides is 2. The highest BCUT2D eigenvalue weighted by Gasteiger charge is 2.10. The normalized spacial score (nSPS) is 10.4. The summed E-state index contributed by atoms with van der Waals surface area (Å²) in [6.07, 6.45) is 0.770. The highest BCUT2D eigenvalue weighted by atomic mass is 35.5. The number of aryl methyl sites for hydroxylation is 1. The number of carbonyl (C=O) groups excluding carboxylic acids is 2. The van der Waals surface area contributed by atoms with Gasteiger partial charge < -0.3 is 10.6 Å². The molecule has 0 aliphatic carbocycles. The number of halogens is 1. The predicted octanol–water partition coefficient (Wildman–Crippen LogP) is 4.87. The van der Waals surface area contributed by atoms with Crippen molar-refractivity contribution in [2.75, 3.05) is 11.9 Å². The molecule has 0 aliphatic rings. The third-order valence-corrected chi connectivity index (χ3v) is 4.79. The molecule has 0 bridgehead atoms. The summed E-state index contributed by atoms with van der Waals surface area (Å²) in [6.45, 7) is 2.46. The van der Waals surface area contributed by atoms with Gasteiger partial charge in [0, 0.05) is 28.4 Å². The van der Waals surface area contributed by atoms with E-state index in [1.54, 1.807) is 36.4 Å². The van der Waals surface area contributed by atoms with Crippen LogP contribution in [0.15, 0.2) is 72.8 Å². The summed E-state index contributed by atoms with van der Waals surface area (Å²) in [5.41, 5.74) is 3.73. The van der Waals surface area contributed by atoms with Crippen molar-refractivity contribution in [3.05, 3.63) is 100 Å². The van der Waals surface area contributed by atoms with Crippen LogP contribution in [0.25, 0.3) is 0 Å². The molecule has 28 heavy (non-hydrogen) atoms. The van der Waals surface area contributed by atoms with Crippen LogP contribution in [0.3, 0.4) is 0 Å². The van der Waals surface area contributed by atoms with E-state index in [2.05, 4.69) is 10.6 Å². The van der Waals surface area contributed by atoms with E-state index < -0.39 is 0 Å². The quantitative estimate of drug-likeness (QED) is 0.628. The molecule has 0 saturated carbocycles. The number of hydrogen-bond donors (Lipinski definition) is 2. The van der Waals surface area contributed by atoms with Crippen molar-refractivity contribution in [1.29, 1.82) is 0 Å². The number of carbonyl (C=O) groups is 2. The Kier molecular flexibility index (Phi) is 6.45. The third-order valence-electron chi connectivity index (χ3n) is 4.38. The van der Waals surface area contributed by atoms with Gasteiger partial charge in [-0.25, -0.2) is 0 Å². The second-order valence-corrected chi connectivity index (χ2v) is 6.89. The molecule has 0 saturated heterocycles. The summed E-state index contributed by atoms with van der Waals surface area (Å²) < 4.78 is 0. The number of anilines is 1. The van der Waals surface area contributed by atoms with Crippen molar-refractivity contribution >= 4 is 29.1 Å². The Morgan fingerprint density at radius 2 is 1.50 bits per heavy atom. The molecule has 142 valence electrons. The van der Waals surface area contributed by atoms with Crippen molar-refractivity contribution < 1.29 is 9.59 Å². The zero-order chi connectivity index (χ0) is 19.9. The average Bonchev–Trinajstić information content (AvgIpc) is 2.71. The average molecular weight is 393 g/mol. The van der Waals surface area contributed by atoms with Gasteiger partial charge in [-0.1, -0.05) is 48.0 Å². The lowest BCUT2D eigenvalue weighted by molar-refractivity contribution is 0.0952. The molecule has 3 rings (SSSR count). The molecular formula is C23H21ClN2O2. The zero-order valence-electron chi connectivity index (χ0n) is 15.5. The van der Waals surface area contributed by atoms with Crippen LogP contribution in [0, 0.1) is 6.92 Å². The highest BCUT2D eigenvalue weighted by Crippen LogP contribution is 2.20. The number of benzene rings is 3. The van der Waals surface area contributed by atoms with E-state index in [1.165, 1.54) is 5.56 Å². The predicted molar refractivity (Wildman–Crippen MR) is 113 cm³/mol. The van der Waals surface area contributed by atoms with E-state index in [1.807, 2.05) is 43.3 Å². The minimum atomic E-state index is -0.254. The number of hydrogen-bond acceptors (Lipinski definition) is 2. The molecule has 0 unspecified atom stereocenters. The largest absolute Gasteiger partial charge is 0.352 e. The molecule has 0 aliphatic heterocycles. The van der Waals surface area contributed by atoms with Crippen LogP contribution in [-0.4, -0.2) is 18.4 Å². The minimum Gasteiger partial charge on any atom is -0.352 e. The van der Waals surface area contributed by atoms with E-state index >= 15 is 0 Å². The van der Waals surface area contributed by atoms with Crippen LogP contribution in [0.4, 0.5) is 5.69 Å². The standard InChI is InChI=1S/C23H21ClN2O2/c1-16-7-12-20(15-21(16)24)26-23(28)19-10-8-18(9-11-19)22(27)25-14-13-17-5-3-2-4-6-17/h2-12,15H,13-14H2,1H3,(H,25,27)(H,26,28). The summed E-state index contributed by atoms with van der Waals surface area (Å²) in [7, 11) is 0. The van der Waals surface area contributed by atoms with Crippen LogP contribution < -0.4 is 10.6 Å². The van der Waals surface area contributed by atoms with Crippen LogP contribution in [0.2, 0.25) is 5.02 Å². The Hall–Kier alpha value is -3.11. The topological polar surface area (TPSA) is 58.2 Å². The summed E-state index contributed by atoms with van der Waals surface area (Å²) in [4.78, 5) is 24.6. The molecular weight excluding hydrogens is 372 g/mol. The van der Waals surface area contributed by atoms with E-state index in [0.717, 1.165) is 12.0 Å². The fourth-order valence-electron chi connectivity index (χ4n) is 2.71. The Bertz CT molecular complexity index is 970. The summed E-state index contributed by atoms with van der Waals surface area (Å²) in [5.74, 6) is -0.413. The van der Waals surface area contributed by atoms with Gasteiger partial charge in [0.05, 0.1) is 0 Å². The van der Waals surface area contributed by atoms with Crippen molar-refractivity contribution in [3.8, 4) is 0 Å². The first kappa shape index (κ1) is 19.6. The van der Waals surface area contributed by atoms with Gasteiger partial charge in [0.1, 0.15) is 0 Å². The van der Waals surface area contributed by atoms with Gasteiger partial charge in [-0.15, -0.1) is 0 Å². The fourth-order valence-corrected chi connectivity index (χ4v) is 2.89. The van der Waals surface area contributed by atoms with Gasteiger partial charge in [-0.05, 0) is 60.9 Å². The molecule has 2 amide bonds. The second kappa shape index (κ2) is 9.20. The van der Waals surface area contributed by atoms with E-state index in [4.69, 9.17) is 11.6 Å². The summed E-state index contributed by atoms with van der Waals surface area (Å²) in [6, 6.07) is 21.9. The molecule has 5 heteroatoms. The SMILES string of the molecule is Cc1ccc(NC(=O)c2ccc(C(=O)NCCc3ccccc3)cc2)cc1Cl. The first-order valence-corrected chi connectivity index (χ1v) is 9.40. The maximum absolute atomic E-state index is 12.4. The Morgan fingerprint density at radius 1 is 0.857 bits per heavy atom. The molecule has 0 heterocycles. The molecule has 0 atom stereocenters. The molecule has 3 aromatic carbocycles.